The molecule has 1 fully saturated rings. The molecular formula is C26H31F2N7O2. The lowest BCUT2D eigenvalue weighted by Gasteiger charge is -2.40. The summed E-state index contributed by atoms with van der Waals surface area (Å²) in [4.78, 5) is 13.6. The number of piperidine rings is 1. The molecule has 37 heavy (non-hydrogen) atoms. The fourth-order valence-electron chi connectivity index (χ4n) is 4.29. The van der Waals surface area contributed by atoms with E-state index in [1.807, 2.05) is 13.0 Å². The minimum Gasteiger partial charge on any atom is -0.491 e. The molecule has 1 aliphatic rings. The molecule has 1 aromatic carbocycles. The number of anilines is 3. The molecule has 0 amide bonds. The number of hydrogen-bond donors (Lipinski definition) is 5. The van der Waals surface area contributed by atoms with Crippen molar-refractivity contribution < 1.29 is 18.6 Å². The molecule has 3 heterocycles. The van der Waals surface area contributed by atoms with E-state index in [0.717, 1.165) is 17.8 Å². The van der Waals surface area contributed by atoms with Gasteiger partial charge in [-0.25, -0.2) is 13.8 Å². The molecule has 1 saturated heterocycles. The summed E-state index contributed by atoms with van der Waals surface area (Å²) in [5.74, 6) is -1.25. The number of aromatic amines is 1. The van der Waals surface area contributed by atoms with E-state index in [0.29, 0.717) is 30.4 Å². The Kier molecular flexibility index (Phi) is 7.84. The Bertz CT molecular complexity index is 1260. The van der Waals surface area contributed by atoms with Crippen LogP contribution in [0.25, 0.3) is 6.08 Å². The molecule has 3 atom stereocenters. The van der Waals surface area contributed by atoms with Crippen LogP contribution in [-0.4, -0.2) is 57.1 Å². The van der Waals surface area contributed by atoms with Gasteiger partial charge in [-0.15, -0.1) is 0 Å². The Morgan fingerprint density at radius 1 is 1.30 bits per heavy atom. The molecule has 0 bridgehead atoms. The summed E-state index contributed by atoms with van der Waals surface area (Å²) in [6.45, 7) is 6.60. The number of nitrogens with one attached hydrogen (secondary N) is 3. The number of H-pyrrole nitrogens is 1. The molecule has 9 nitrogen and oxygen atoms in total. The number of pyridine rings is 1. The number of allylic oxidation sites excluding steroid dienone is 1. The van der Waals surface area contributed by atoms with Crippen LogP contribution in [-0.2, 0) is 0 Å². The zero-order valence-corrected chi connectivity index (χ0v) is 20.9. The first-order chi connectivity index (χ1) is 17.6. The number of halogens is 2. The van der Waals surface area contributed by atoms with Crippen molar-refractivity contribution in [1.29, 1.82) is 5.41 Å². The van der Waals surface area contributed by atoms with Gasteiger partial charge in [-0.1, -0.05) is 6.92 Å². The SMILES string of the molecule is CC(C)Oc1cc(F)c(C(=N)/C=C\c2cnc(Nc3cnccc3N3C[C@@H](N)[C@H](O)[C@@H](C)C3)[nH]2)c(F)c1. The lowest BCUT2D eigenvalue weighted by Crippen LogP contribution is -2.55. The molecular weight excluding hydrogens is 480 g/mol. The zero-order valence-electron chi connectivity index (χ0n) is 20.9. The monoisotopic (exact) mass is 511 g/mol. The molecule has 6 N–H and O–H groups in total. The molecule has 4 rings (SSSR count). The van der Waals surface area contributed by atoms with Gasteiger partial charge in [-0.05, 0) is 32.1 Å². The number of aromatic nitrogens is 3. The Balaban J connectivity index is 1.47. The van der Waals surface area contributed by atoms with Gasteiger partial charge in [-0.2, -0.15) is 0 Å². The predicted octanol–water partition coefficient (Wildman–Crippen LogP) is 3.84. The van der Waals surface area contributed by atoms with Gasteiger partial charge >= 0.3 is 0 Å². The molecule has 1 aliphatic heterocycles. The molecule has 196 valence electrons. The minimum atomic E-state index is -0.874. The number of ether oxygens (including phenoxy) is 1. The van der Waals surface area contributed by atoms with Crippen molar-refractivity contribution in [2.45, 2.75) is 39.0 Å². The maximum atomic E-state index is 14.5. The summed E-state index contributed by atoms with van der Waals surface area (Å²) in [6, 6.07) is 3.64. The lowest BCUT2D eigenvalue weighted by atomic mass is 9.92. The Morgan fingerprint density at radius 3 is 2.70 bits per heavy atom. The first-order valence-electron chi connectivity index (χ1n) is 12.0. The van der Waals surface area contributed by atoms with Gasteiger partial charge in [-0.3, -0.25) is 4.98 Å². The van der Waals surface area contributed by atoms with Crippen LogP contribution < -0.4 is 20.7 Å². The smallest absolute Gasteiger partial charge is 0.205 e. The summed E-state index contributed by atoms with van der Waals surface area (Å²) in [5.41, 5.74) is 7.44. The van der Waals surface area contributed by atoms with Crippen LogP contribution in [0.3, 0.4) is 0 Å². The van der Waals surface area contributed by atoms with E-state index in [4.69, 9.17) is 15.9 Å². The van der Waals surface area contributed by atoms with Gasteiger partial charge in [0.15, 0.2) is 0 Å². The van der Waals surface area contributed by atoms with Crippen LogP contribution in [0, 0.1) is 23.0 Å². The highest BCUT2D eigenvalue weighted by molar-refractivity contribution is 6.09. The van der Waals surface area contributed by atoms with Gasteiger partial charge in [0, 0.05) is 43.4 Å². The highest BCUT2D eigenvalue weighted by atomic mass is 19.1. The number of nitrogens with two attached hydrogens (primary N) is 1. The summed E-state index contributed by atoms with van der Waals surface area (Å²) in [7, 11) is 0. The maximum Gasteiger partial charge on any atom is 0.205 e. The highest BCUT2D eigenvalue weighted by Crippen LogP contribution is 2.30. The Morgan fingerprint density at radius 2 is 2.03 bits per heavy atom. The summed E-state index contributed by atoms with van der Waals surface area (Å²) in [6.07, 6.45) is 6.90. The van der Waals surface area contributed by atoms with E-state index in [9.17, 15) is 13.9 Å². The number of benzene rings is 1. The second-order valence-electron chi connectivity index (χ2n) is 9.42. The molecule has 0 aliphatic carbocycles. The topological polar surface area (TPSA) is 136 Å². The maximum absolute atomic E-state index is 14.5. The van der Waals surface area contributed by atoms with E-state index in [2.05, 4.69) is 25.2 Å². The van der Waals surface area contributed by atoms with E-state index in [1.54, 1.807) is 26.2 Å². The average molecular weight is 512 g/mol. The Hall–Kier alpha value is -3.83. The van der Waals surface area contributed by atoms with Crippen molar-refractivity contribution in [3.8, 4) is 5.75 Å². The van der Waals surface area contributed by atoms with E-state index in [-0.39, 0.29) is 29.5 Å². The lowest BCUT2D eigenvalue weighted by molar-refractivity contribution is 0.0785. The third kappa shape index (κ3) is 6.12. The van der Waals surface area contributed by atoms with Gasteiger partial charge in [0.1, 0.15) is 17.4 Å². The van der Waals surface area contributed by atoms with Crippen LogP contribution in [0.4, 0.5) is 26.1 Å². The first kappa shape index (κ1) is 26.2. The number of aliphatic hydroxyl groups is 1. The number of aliphatic hydroxyl groups excluding tert-OH is 1. The Labute approximate surface area is 213 Å². The average Bonchev–Trinajstić information content (AvgIpc) is 3.27. The molecule has 0 saturated carbocycles. The number of hydrogen-bond acceptors (Lipinski definition) is 8. The van der Waals surface area contributed by atoms with Crippen molar-refractivity contribution in [3.63, 3.8) is 0 Å². The van der Waals surface area contributed by atoms with Crippen LogP contribution in [0.15, 0.2) is 42.9 Å². The predicted molar refractivity (Wildman–Crippen MR) is 139 cm³/mol. The molecule has 0 unspecified atom stereocenters. The van der Waals surface area contributed by atoms with Crippen molar-refractivity contribution in [2.75, 3.05) is 23.3 Å². The van der Waals surface area contributed by atoms with Crippen LogP contribution in [0.1, 0.15) is 32.0 Å². The standard InChI is InChI=1S/C26H31F2N7O2/c1-14(2)37-17-8-18(27)24(19(28)9-17)20(29)5-4-16-10-32-26(33-16)34-22-11-31-7-6-23(22)35-12-15(3)25(36)21(30)13-35/h4-11,14-15,21,25,29,36H,12-13,30H2,1-3H3,(H2,32,33,34)/b5-4-,29-20?/t15-,21+,25+/m0/s1. The third-order valence-electron chi connectivity index (χ3n) is 6.03. The van der Waals surface area contributed by atoms with Gasteiger partial charge in [0.25, 0.3) is 0 Å². The first-order valence-corrected chi connectivity index (χ1v) is 12.0. The van der Waals surface area contributed by atoms with Crippen LogP contribution in [0.5, 0.6) is 5.75 Å². The van der Waals surface area contributed by atoms with Gasteiger partial charge in [0.2, 0.25) is 5.95 Å². The number of nitrogens with zero attached hydrogens (tertiary/aromatic N) is 3. The number of rotatable bonds is 8. The van der Waals surface area contributed by atoms with Crippen molar-refractivity contribution in [3.05, 3.63) is 65.8 Å². The molecule has 0 radical (unpaired) electrons. The molecule has 0 spiro atoms. The largest absolute Gasteiger partial charge is 0.491 e. The third-order valence-corrected chi connectivity index (χ3v) is 6.03. The van der Waals surface area contributed by atoms with E-state index < -0.39 is 23.3 Å². The normalized spacial score (nSPS) is 20.0. The molecule has 11 heteroatoms. The van der Waals surface area contributed by atoms with Gasteiger partial charge in [0.05, 0.1) is 52.9 Å². The van der Waals surface area contributed by atoms with Crippen molar-refractivity contribution >= 4 is 29.1 Å². The second-order valence-corrected chi connectivity index (χ2v) is 9.42. The van der Waals surface area contributed by atoms with Crippen LogP contribution >= 0.6 is 0 Å². The van der Waals surface area contributed by atoms with Crippen molar-refractivity contribution in [2.24, 2.45) is 11.7 Å². The highest BCUT2D eigenvalue weighted by Gasteiger charge is 2.31. The quantitative estimate of drug-likeness (QED) is 0.290. The summed E-state index contributed by atoms with van der Waals surface area (Å²) < 4.78 is 34.3. The molecule has 2 aromatic heterocycles. The summed E-state index contributed by atoms with van der Waals surface area (Å²) in [5, 5.41) is 21.5. The van der Waals surface area contributed by atoms with Gasteiger partial charge < -0.3 is 36.2 Å². The second kappa shape index (κ2) is 11.1. The van der Waals surface area contributed by atoms with Crippen LogP contribution in [0.2, 0.25) is 0 Å². The van der Waals surface area contributed by atoms with Crippen molar-refractivity contribution in [1.82, 2.24) is 15.0 Å². The van der Waals surface area contributed by atoms with E-state index in [1.165, 1.54) is 18.3 Å². The summed E-state index contributed by atoms with van der Waals surface area (Å²) >= 11 is 0. The number of imidazole rings is 1. The zero-order chi connectivity index (χ0) is 26.7. The molecule has 3 aromatic rings. The fourth-order valence-corrected chi connectivity index (χ4v) is 4.29. The minimum absolute atomic E-state index is 0.00837. The van der Waals surface area contributed by atoms with E-state index >= 15 is 0 Å². The fraction of sp³-hybridized carbons (Fsp3) is 0.346.